The molecule has 0 spiro atoms. The average molecular weight is 523 g/mol. The van der Waals surface area contributed by atoms with Gasteiger partial charge in [-0.3, -0.25) is 9.59 Å². The fourth-order valence-electron chi connectivity index (χ4n) is 3.91. The van der Waals surface area contributed by atoms with Crippen molar-refractivity contribution in [3.05, 3.63) is 106 Å². The molecule has 0 fully saturated rings. The van der Waals surface area contributed by atoms with E-state index >= 15 is 0 Å². The number of hydrogen-bond donors (Lipinski definition) is 1. The molecule has 36 heavy (non-hydrogen) atoms. The van der Waals surface area contributed by atoms with Crippen LogP contribution in [0.3, 0.4) is 0 Å². The highest BCUT2D eigenvalue weighted by Gasteiger charge is 2.30. The monoisotopic (exact) mass is 522 g/mol. The number of amides is 2. The van der Waals surface area contributed by atoms with Crippen LogP contribution in [0.5, 0.6) is 0 Å². The SMILES string of the molecule is Cc1ccccc1CN(C(=O)CSCc1cccc(Cl)c1)[C@@H](Cc1ccccc1)C(=O)NCC(C)C. The summed E-state index contributed by atoms with van der Waals surface area (Å²) >= 11 is 7.66. The van der Waals surface area contributed by atoms with Gasteiger partial charge >= 0.3 is 0 Å². The van der Waals surface area contributed by atoms with Crippen molar-refractivity contribution in [2.75, 3.05) is 12.3 Å². The Bertz CT molecular complexity index is 1140. The van der Waals surface area contributed by atoms with Crippen LogP contribution in [0.15, 0.2) is 78.9 Å². The molecule has 2 amide bonds. The van der Waals surface area contributed by atoms with Crippen LogP contribution in [0.4, 0.5) is 0 Å². The van der Waals surface area contributed by atoms with E-state index in [9.17, 15) is 9.59 Å². The number of nitrogens with zero attached hydrogens (tertiary/aromatic N) is 1. The lowest BCUT2D eigenvalue weighted by molar-refractivity contribution is -0.139. The highest BCUT2D eigenvalue weighted by Crippen LogP contribution is 2.21. The summed E-state index contributed by atoms with van der Waals surface area (Å²) in [6.07, 6.45) is 0.460. The molecule has 0 aliphatic rings. The molecule has 0 saturated heterocycles. The molecule has 0 radical (unpaired) electrons. The maximum atomic E-state index is 13.7. The topological polar surface area (TPSA) is 49.4 Å². The van der Waals surface area contributed by atoms with Gasteiger partial charge in [0, 0.05) is 30.3 Å². The summed E-state index contributed by atoms with van der Waals surface area (Å²) in [6.45, 7) is 7.12. The van der Waals surface area contributed by atoms with E-state index in [0.29, 0.717) is 36.2 Å². The van der Waals surface area contributed by atoms with Crippen molar-refractivity contribution < 1.29 is 9.59 Å². The lowest BCUT2D eigenvalue weighted by Gasteiger charge is -2.32. The number of aryl methyl sites for hydroxylation is 1. The van der Waals surface area contributed by atoms with Crippen molar-refractivity contribution in [1.82, 2.24) is 10.2 Å². The molecule has 0 aliphatic carbocycles. The van der Waals surface area contributed by atoms with Crippen molar-refractivity contribution in [2.45, 2.75) is 45.5 Å². The van der Waals surface area contributed by atoms with Crippen LogP contribution in [-0.4, -0.2) is 35.1 Å². The third-order valence-corrected chi connectivity index (χ3v) is 7.16. The van der Waals surface area contributed by atoms with Crippen LogP contribution in [0.2, 0.25) is 5.02 Å². The van der Waals surface area contributed by atoms with E-state index in [1.807, 2.05) is 85.8 Å². The van der Waals surface area contributed by atoms with Crippen LogP contribution < -0.4 is 5.32 Å². The largest absolute Gasteiger partial charge is 0.354 e. The van der Waals surface area contributed by atoms with E-state index in [4.69, 9.17) is 11.6 Å². The molecule has 6 heteroatoms. The molecule has 190 valence electrons. The molecule has 1 atom stereocenters. The highest BCUT2D eigenvalue weighted by atomic mass is 35.5. The Morgan fingerprint density at radius 3 is 2.33 bits per heavy atom. The van der Waals surface area contributed by atoms with Crippen LogP contribution in [0, 0.1) is 12.8 Å². The fraction of sp³-hybridized carbons (Fsp3) is 0.333. The van der Waals surface area contributed by atoms with Gasteiger partial charge in [-0.15, -0.1) is 11.8 Å². The van der Waals surface area contributed by atoms with E-state index in [-0.39, 0.29) is 17.6 Å². The van der Waals surface area contributed by atoms with Crippen LogP contribution in [0.25, 0.3) is 0 Å². The standard InChI is InChI=1S/C30H35ClN2O2S/c1-22(2)18-32-30(35)28(17-24-11-5-4-6-12-24)33(19-26-14-8-7-10-23(26)3)29(34)21-36-20-25-13-9-15-27(31)16-25/h4-16,22,28H,17-21H2,1-3H3,(H,32,35)/t28-/m0/s1. The summed E-state index contributed by atoms with van der Waals surface area (Å²) in [5, 5.41) is 3.76. The summed E-state index contributed by atoms with van der Waals surface area (Å²) in [5.41, 5.74) is 4.24. The number of thioether (sulfide) groups is 1. The Balaban J connectivity index is 1.85. The molecular formula is C30H35ClN2O2S. The van der Waals surface area contributed by atoms with E-state index in [2.05, 4.69) is 19.2 Å². The number of carbonyl (C=O) groups is 2. The lowest BCUT2D eigenvalue weighted by atomic mass is 10.0. The van der Waals surface area contributed by atoms with Crippen molar-refractivity contribution in [3.8, 4) is 0 Å². The first kappa shape index (κ1) is 27.8. The Hall–Kier alpha value is -2.76. The minimum Gasteiger partial charge on any atom is -0.354 e. The number of benzene rings is 3. The van der Waals surface area contributed by atoms with Gasteiger partial charge < -0.3 is 10.2 Å². The van der Waals surface area contributed by atoms with Crippen LogP contribution in [0.1, 0.15) is 36.1 Å². The number of rotatable bonds is 12. The first-order valence-electron chi connectivity index (χ1n) is 12.3. The molecule has 0 aromatic heterocycles. The van der Waals surface area contributed by atoms with Gasteiger partial charge in [-0.25, -0.2) is 0 Å². The zero-order valence-electron chi connectivity index (χ0n) is 21.2. The maximum Gasteiger partial charge on any atom is 0.243 e. The fourth-order valence-corrected chi connectivity index (χ4v) is 4.98. The average Bonchev–Trinajstić information content (AvgIpc) is 2.86. The first-order chi connectivity index (χ1) is 17.3. The zero-order valence-corrected chi connectivity index (χ0v) is 22.8. The highest BCUT2D eigenvalue weighted by molar-refractivity contribution is 7.99. The number of hydrogen-bond acceptors (Lipinski definition) is 3. The van der Waals surface area contributed by atoms with Crippen LogP contribution >= 0.6 is 23.4 Å². The summed E-state index contributed by atoms with van der Waals surface area (Å²) in [5.74, 6) is 1.11. The second-order valence-electron chi connectivity index (χ2n) is 9.42. The molecule has 3 aromatic carbocycles. The van der Waals surface area contributed by atoms with Gasteiger partial charge in [-0.05, 0) is 47.2 Å². The summed E-state index contributed by atoms with van der Waals surface area (Å²) in [7, 11) is 0. The molecule has 4 nitrogen and oxygen atoms in total. The molecular weight excluding hydrogens is 488 g/mol. The van der Waals surface area contributed by atoms with Crippen molar-refractivity contribution in [3.63, 3.8) is 0 Å². The summed E-state index contributed by atoms with van der Waals surface area (Å²) in [4.78, 5) is 28.9. The smallest absolute Gasteiger partial charge is 0.243 e. The van der Waals surface area contributed by atoms with E-state index in [1.54, 1.807) is 4.90 Å². The molecule has 0 bridgehead atoms. The van der Waals surface area contributed by atoms with E-state index in [0.717, 1.165) is 22.3 Å². The number of carbonyl (C=O) groups excluding carboxylic acids is 2. The van der Waals surface area contributed by atoms with Gasteiger partial charge in [-0.1, -0.05) is 92.2 Å². The van der Waals surface area contributed by atoms with Gasteiger partial charge in [0.05, 0.1) is 5.75 Å². The van der Waals surface area contributed by atoms with Gasteiger partial charge in [0.25, 0.3) is 0 Å². The molecule has 1 N–H and O–H groups in total. The third-order valence-electron chi connectivity index (χ3n) is 5.94. The Morgan fingerprint density at radius 2 is 1.64 bits per heavy atom. The van der Waals surface area contributed by atoms with Gasteiger partial charge in [0.1, 0.15) is 6.04 Å². The van der Waals surface area contributed by atoms with E-state index < -0.39 is 6.04 Å². The van der Waals surface area contributed by atoms with Gasteiger partial charge in [0.2, 0.25) is 11.8 Å². The Kier molecular flexibility index (Phi) is 10.9. The molecule has 0 heterocycles. The van der Waals surface area contributed by atoms with Gasteiger partial charge in [0.15, 0.2) is 0 Å². The van der Waals surface area contributed by atoms with Gasteiger partial charge in [-0.2, -0.15) is 0 Å². The lowest BCUT2D eigenvalue weighted by Crippen LogP contribution is -2.51. The predicted octanol–water partition coefficient (Wildman–Crippen LogP) is 6.29. The second kappa shape index (κ2) is 14.1. The van der Waals surface area contributed by atoms with Crippen molar-refractivity contribution >= 4 is 35.2 Å². The Morgan fingerprint density at radius 1 is 0.944 bits per heavy atom. The molecule has 3 rings (SSSR count). The molecule has 3 aromatic rings. The number of nitrogens with one attached hydrogen (secondary N) is 1. The zero-order chi connectivity index (χ0) is 25.9. The maximum absolute atomic E-state index is 13.7. The second-order valence-corrected chi connectivity index (χ2v) is 10.8. The summed E-state index contributed by atoms with van der Waals surface area (Å²) < 4.78 is 0. The quantitative estimate of drug-likeness (QED) is 0.304. The third kappa shape index (κ3) is 8.72. The normalized spacial score (nSPS) is 11.8. The minimum absolute atomic E-state index is 0.0501. The molecule has 0 unspecified atom stereocenters. The van der Waals surface area contributed by atoms with Crippen molar-refractivity contribution in [1.29, 1.82) is 0 Å². The number of halogens is 1. The molecule has 0 saturated carbocycles. The first-order valence-corrected chi connectivity index (χ1v) is 13.8. The predicted molar refractivity (Wildman–Crippen MR) is 151 cm³/mol. The van der Waals surface area contributed by atoms with Crippen molar-refractivity contribution in [2.24, 2.45) is 5.92 Å². The summed E-state index contributed by atoms with van der Waals surface area (Å²) in [6, 6.07) is 25.0. The van der Waals surface area contributed by atoms with E-state index in [1.165, 1.54) is 11.8 Å². The Labute approximate surface area is 224 Å². The minimum atomic E-state index is -0.606. The van der Waals surface area contributed by atoms with Crippen LogP contribution in [-0.2, 0) is 28.3 Å². The molecule has 0 aliphatic heterocycles.